The van der Waals surface area contributed by atoms with Crippen molar-refractivity contribution >= 4 is 11.9 Å². The molecule has 0 unspecified atom stereocenters. The number of anilines is 1. The van der Waals surface area contributed by atoms with Crippen LogP contribution in [0.4, 0.5) is 18.9 Å². The fourth-order valence-corrected chi connectivity index (χ4v) is 1.77. The molecule has 1 N–H and O–H groups in total. The van der Waals surface area contributed by atoms with Crippen LogP contribution in [0.1, 0.15) is 5.56 Å². The molecule has 2 aliphatic rings. The third-order valence-electron chi connectivity index (χ3n) is 2.97. The van der Waals surface area contributed by atoms with Gasteiger partial charge in [0.1, 0.15) is 0 Å². The Morgan fingerprint density at radius 2 is 1.38 bits per heavy atom. The van der Waals surface area contributed by atoms with Crippen molar-refractivity contribution in [3.05, 3.63) is 93.5 Å². The molecule has 0 heterocycles. The third-order valence-corrected chi connectivity index (χ3v) is 2.97. The summed E-state index contributed by atoms with van der Waals surface area (Å²) in [6.45, 7) is 0. The molecule has 6 heteroatoms. The number of hydrazone groups is 1. The Bertz CT molecular complexity index is 583. The molecule has 10 radical (unpaired) electrons. The number of halogens is 3. The number of nitrogens with zero attached hydrogens (tertiary/aromatic N) is 1. The first-order valence-electron chi connectivity index (χ1n) is 7.40. The number of alkyl halides is 3. The van der Waals surface area contributed by atoms with Crippen molar-refractivity contribution in [3.8, 4) is 11.8 Å². The zero-order chi connectivity index (χ0) is 18.0. The monoisotopic (exact) mass is 396 g/mol. The molecule has 26 heavy (non-hydrogen) atoms. The van der Waals surface area contributed by atoms with Crippen LogP contribution in [0.15, 0.2) is 29.4 Å². The van der Waals surface area contributed by atoms with Gasteiger partial charge in [-0.25, -0.2) is 0 Å². The molecular formula is C20H15F3FeN2+2. The molecule has 0 aromatic heterocycles. The van der Waals surface area contributed by atoms with Gasteiger partial charge in [-0.15, -0.1) is 0 Å². The molecule has 0 amide bonds. The van der Waals surface area contributed by atoms with E-state index in [1.54, 1.807) is 0 Å². The number of nitrogens with one attached hydrogen (secondary N) is 1. The van der Waals surface area contributed by atoms with Crippen LogP contribution in [0.5, 0.6) is 0 Å². The minimum atomic E-state index is -4.33. The normalized spacial score (nSPS) is 17.0. The van der Waals surface area contributed by atoms with Gasteiger partial charge in [0.2, 0.25) is 0 Å². The van der Waals surface area contributed by atoms with Crippen LogP contribution < -0.4 is 5.43 Å². The molecule has 0 aliphatic heterocycles. The van der Waals surface area contributed by atoms with Gasteiger partial charge in [-0.3, -0.25) is 5.43 Å². The summed E-state index contributed by atoms with van der Waals surface area (Å²) >= 11 is 0. The van der Waals surface area contributed by atoms with Crippen molar-refractivity contribution in [2.24, 2.45) is 5.10 Å². The van der Waals surface area contributed by atoms with Gasteiger partial charge in [-0.1, -0.05) is 11.8 Å². The van der Waals surface area contributed by atoms with Gasteiger partial charge in [0.05, 0.1) is 23.4 Å². The van der Waals surface area contributed by atoms with Crippen LogP contribution in [-0.2, 0) is 23.2 Å². The number of hydrogen-bond donors (Lipinski definition) is 1. The molecule has 0 atom stereocenters. The second-order valence-electron chi connectivity index (χ2n) is 4.85. The van der Waals surface area contributed by atoms with Crippen LogP contribution >= 0.6 is 0 Å². The summed E-state index contributed by atoms with van der Waals surface area (Å²) in [5.74, 6) is 6.44. The van der Waals surface area contributed by atoms with E-state index in [9.17, 15) is 13.2 Å². The summed E-state index contributed by atoms with van der Waals surface area (Å²) in [5, 5.41) is 3.80. The summed E-state index contributed by atoms with van der Waals surface area (Å²) in [7, 11) is 0. The van der Waals surface area contributed by atoms with Crippen LogP contribution in [0.25, 0.3) is 0 Å². The molecule has 1 aromatic rings. The zero-order valence-electron chi connectivity index (χ0n) is 13.5. The second kappa shape index (κ2) is 12.0. The van der Waals surface area contributed by atoms with Crippen molar-refractivity contribution in [1.82, 2.24) is 0 Å². The van der Waals surface area contributed by atoms with Gasteiger partial charge in [0.25, 0.3) is 0 Å². The summed E-state index contributed by atoms with van der Waals surface area (Å²) in [5.41, 5.74) is 2.37. The Hall–Kier alpha value is -1.44. The minimum absolute atomic E-state index is 0. The Kier molecular flexibility index (Phi) is 10.5. The average Bonchev–Trinajstić information content (AvgIpc) is 3.31. The topological polar surface area (TPSA) is 24.4 Å². The molecule has 0 saturated heterocycles. The van der Waals surface area contributed by atoms with Crippen LogP contribution in [-0.4, -0.2) is 6.21 Å². The fraction of sp³-hybridized carbons (Fsp3) is 0.0500. The molecule has 1 aromatic carbocycles. The van der Waals surface area contributed by atoms with Gasteiger partial charge in [0.15, 0.2) is 0 Å². The predicted molar refractivity (Wildman–Crippen MR) is 93.3 cm³/mol. The van der Waals surface area contributed by atoms with Gasteiger partial charge < -0.3 is 0 Å². The van der Waals surface area contributed by atoms with Crippen molar-refractivity contribution in [3.63, 3.8) is 0 Å². The number of hydrogen-bond acceptors (Lipinski definition) is 2. The molecule has 3 rings (SSSR count). The van der Waals surface area contributed by atoms with Crippen molar-refractivity contribution in [2.75, 3.05) is 5.43 Å². The van der Waals surface area contributed by atoms with E-state index < -0.39 is 11.7 Å². The maximum absolute atomic E-state index is 12.3. The van der Waals surface area contributed by atoms with Gasteiger partial charge in [-0.05, 0) is 82.1 Å². The average molecular weight is 396 g/mol. The Labute approximate surface area is 164 Å². The van der Waals surface area contributed by atoms with Crippen molar-refractivity contribution in [2.45, 2.75) is 6.18 Å². The van der Waals surface area contributed by atoms with E-state index in [0.29, 0.717) is 5.69 Å². The quantitative estimate of drug-likeness (QED) is 0.338. The van der Waals surface area contributed by atoms with Crippen molar-refractivity contribution < 1.29 is 30.2 Å². The van der Waals surface area contributed by atoms with Crippen LogP contribution in [0.3, 0.4) is 0 Å². The number of rotatable bonds is 2. The summed E-state index contributed by atoms with van der Waals surface area (Å²) < 4.78 is 37.0. The Balaban J connectivity index is 0.000000486. The molecule has 2 nitrogen and oxygen atoms in total. The summed E-state index contributed by atoms with van der Waals surface area (Å²) in [6.07, 6.45) is 14.5. The molecule has 0 bridgehead atoms. The summed E-state index contributed by atoms with van der Waals surface area (Å²) in [4.78, 5) is 0. The second-order valence-corrected chi connectivity index (χ2v) is 4.85. The van der Waals surface area contributed by atoms with Crippen molar-refractivity contribution in [1.29, 1.82) is 0 Å². The Morgan fingerprint density at radius 3 is 1.88 bits per heavy atom. The van der Waals surface area contributed by atoms with E-state index in [0.717, 1.165) is 18.1 Å². The Morgan fingerprint density at radius 1 is 0.846 bits per heavy atom. The van der Waals surface area contributed by atoms with E-state index >= 15 is 0 Å². The van der Waals surface area contributed by atoms with Gasteiger partial charge in [0, 0.05) is 0 Å². The first kappa shape index (κ1) is 22.6. The molecule has 2 saturated carbocycles. The third kappa shape index (κ3) is 8.78. The predicted octanol–water partition coefficient (Wildman–Crippen LogP) is 4.53. The minimum Gasteiger partial charge on any atom is -0.278 e. The first-order valence-corrected chi connectivity index (χ1v) is 7.40. The van der Waals surface area contributed by atoms with Gasteiger partial charge >= 0.3 is 23.2 Å². The molecule has 2 fully saturated rings. The van der Waals surface area contributed by atoms with E-state index in [4.69, 9.17) is 0 Å². The molecule has 2 aliphatic carbocycles. The van der Waals surface area contributed by atoms with E-state index in [2.05, 4.69) is 22.4 Å². The molecular weight excluding hydrogens is 381 g/mol. The maximum atomic E-state index is 12.3. The van der Waals surface area contributed by atoms with E-state index in [1.807, 2.05) is 57.8 Å². The smallest absolute Gasteiger partial charge is 0.278 e. The fourth-order valence-electron chi connectivity index (χ4n) is 1.77. The molecule has 0 spiro atoms. The SMILES string of the molecule is FC(F)(F)c1ccc(N/N=C/C#C[C]2[CH][CH][CH][CH]2)cc1.[CH]1[CH][CH][CH][CH]1.[Fe+2]. The number of benzene rings is 1. The van der Waals surface area contributed by atoms with E-state index in [1.165, 1.54) is 18.3 Å². The van der Waals surface area contributed by atoms with Crippen LogP contribution in [0, 0.1) is 75.5 Å². The molecule has 132 valence electrons. The summed E-state index contributed by atoms with van der Waals surface area (Å²) in [6, 6.07) is 4.61. The van der Waals surface area contributed by atoms with Gasteiger partial charge in [-0.2, -0.15) is 18.3 Å². The largest absolute Gasteiger partial charge is 2.00 e. The van der Waals surface area contributed by atoms with Crippen LogP contribution in [0.2, 0.25) is 0 Å². The first-order chi connectivity index (χ1) is 12.1. The van der Waals surface area contributed by atoms with E-state index in [-0.39, 0.29) is 17.1 Å². The standard InChI is InChI=1S/C15H10F3N2.C5H5.Fe/c16-15(17,18)13-7-9-14(10-8-13)20-19-11-3-6-12-4-1-2-5-12;1-2-4-5-3-1;/h1-2,4-5,7-11,20H;1-5H;/q;;+2/b19-11+;;. The maximum Gasteiger partial charge on any atom is 2.00 e. The zero-order valence-corrected chi connectivity index (χ0v) is 14.6.